The maximum atomic E-state index is 12.4. The number of amides is 1. The molecule has 1 amide bonds. The molecule has 0 aliphatic rings. The Morgan fingerprint density at radius 2 is 1.69 bits per heavy atom. The summed E-state index contributed by atoms with van der Waals surface area (Å²) < 4.78 is 5.29. The number of aryl methyl sites for hydroxylation is 2. The number of fused-ring (bicyclic) bond motifs is 1. The summed E-state index contributed by atoms with van der Waals surface area (Å²) in [6.45, 7) is 2.02. The average molecular weight is 423 g/mol. The maximum Gasteiger partial charge on any atom is 0.227 e. The molecule has 2 aromatic heterocycles. The van der Waals surface area contributed by atoms with Crippen molar-refractivity contribution in [2.75, 3.05) is 5.32 Å². The lowest BCUT2D eigenvalue weighted by atomic mass is 10.1. The summed E-state index contributed by atoms with van der Waals surface area (Å²) >= 11 is 0. The standard InChI is InChI=1S/C25H21N5O2/c1-16-6-8-18(9-7-16)25-29-23(32-30-25)15-14-22(31)26-19-12-10-17(11-13-19)24-27-20-4-2-3-5-21(20)28-24/h2-13H,14-15H2,1H3,(H,26,31)(H,27,28). The summed E-state index contributed by atoms with van der Waals surface area (Å²) in [5, 5.41) is 6.91. The third-order valence-corrected chi connectivity index (χ3v) is 5.18. The molecule has 2 heterocycles. The molecule has 7 nitrogen and oxygen atoms in total. The first-order chi connectivity index (χ1) is 15.6. The van der Waals surface area contributed by atoms with Crippen LogP contribution in [0.4, 0.5) is 5.69 Å². The van der Waals surface area contributed by atoms with Crippen molar-refractivity contribution in [2.45, 2.75) is 19.8 Å². The van der Waals surface area contributed by atoms with E-state index in [-0.39, 0.29) is 12.3 Å². The van der Waals surface area contributed by atoms with Gasteiger partial charge in [0.15, 0.2) is 0 Å². The second-order valence-corrected chi connectivity index (χ2v) is 7.61. The molecule has 0 atom stereocenters. The highest BCUT2D eigenvalue weighted by molar-refractivity contribution is 5.91. The molecule has 7 heteroatoms. The highest BCUT2D eigenvalue weighted by Gasteiger charge is 2.11. The van der Waals surface area contributed by atoms with E-state index in [1.54, 1.807) is 0 Å². The second-order valence-electron chi connectivity index (χ2n) is 7.61. The van der Waals surface area contributed by atoms with Crippen molar-refractivity contribution >= 4 is 22.6 Å². The Morgan fingerprint density at radius 3 is 2.47 bits per heavy atom. The van der Waals surface area contributed by atoms with Gasteiger partial charge in [-0.05, 0) is 43.3 Å². The van der Waals surface area contributed by atoms with Gasteiger partial charge in [0.25, 0.3) is 0 Å². The van der Waals surface area contributed by atoms with E-state index in [0.29, 0.717) is 18.1 Å². The summed E-state index contributed by atoms with van der Waals surface area (Å²) in [6, 6.07) is 23.4. The van der Waals surface area contributed by atoms with E-state index in [9.17, 15) is 4.79 Å². The summed E-state index contributed by atoms with van der Waals surface area (Å²) in [7, 11) is 0. The third-order valence-electron chi connectivity index (χ3n) is 5.18. The largest absolute Gasteiger partial charge is 0.339 e. The van der Waals surface area contributed by atoms with Gasteiger partial charge in [-0.1, -0.05) is 47.1 Å². The van der Waals surface area contributed by atoms with Crippen LogP contribution in [0.25, 0.3) is 33.8 Å². The lowest BCUT2D eigenvalue weighted by molar-refractivity contribution is -0.116. The second kappa shape index (κ2) is 8.47. The molecule has 0 aliphatic carbocycles. The van der Waals surface area contributed by atoms with Crippen molar-refractivity contribution < 1.29 is 9.32 Å². The number of anilines is 1. The van der Waals surface area contributed by atoms with E-state index in [4.69, 9.17) is 4.52 Å². The van der Waals surface area contributed by atoms with Crippen molar-refractivity contribution in [2.24, 2.45) is 0 Å². The minimum absolute atomic E-state index is 0.114. The van der Waals surface area contributed by atoms with E-state index in [1.807, 2.05) is 79.7 Å². The Morgan fingerprint density at radius 1 is 0.938 bits per heavy atom. The molecule has 0 radical (unpaired) electrons. The fourth-order valence-electron chi connectivity index (χ4n) is 3.42. The van der Waals surface area contributed by atoms with Crippen LogP contribution in [0.15, 0.2) is 77.3 Å². The Kier molecular flexibility index (Phi) is 5.21. The molecule has 32 heavy (non-hydrogen) atoms. The van der Waals surface area contributed by atoms with E-state index < -0.39 is 0 Å². The predicted octanol–water partition coefficient (Wildman–Crippen LogP) is 5.16. The minimum atomic E-state index is -0.114. The van der Waals surface area contributed by atoms with Crippen molar-refractivity contribution in [3.05, 3.63) is 84.3 Å². The van der Waals surface area contributed by atoms with Crippen molar-refractivity contribution in [1.82, 2.24) is 20.1 Å². The number of H-pyrrole nitrogens is 1. The number of aromatic amines is 1. The number of carbonyl (C=O) groups excluding carboxylic acids is 1. The molecule has 0 fully saturated rings. The zero-order valence-electron chi connectivity index (χ0n) is 17.5. The highest BCUT2D eigenvalue weighted by atomic mass is 16.5. The van der Waals surface area contributed by atoms with Crippen LogP contribution in [-0.4, -0.2) is 26.0 Å². The van der Waals surface area contributed by atoms with E-state index >= 15 is 0 Å². The molecule has 3 aromatic carbocycles. The van der Waals surface area contributed by atoms with Crippen molar-refractivity contribution in [3.63, 3.8) is 0 Å². The number of carbonyl (C=O) groups is 1. The number of rotatable bonds is 6. The topological polar surface area (TPSA) is 96.7 Å². The van der Waals surface area contributed by atoms with Crippen LogP contribution in [-0.2, 0) is 11.2 Å². The van der Waals surface area contributed by atoms with Gasteiger partial charge in [0.2, 0.25) is 17.6 Å². The van der Waals surface area contributed by atoms with Gasteiger partial charge >= 0.3 is 0 Å². The number of benzene rings is 3. The lowest BCUT2D eigenvalue weighted by Crippen LogP contribution is -2.12. The highest BCUT2D eigenvalue weighted by Crippen LogP contribution is 2.22. The molecule has 5 rings (SSSR count). The molecule has 0 aliphatic heterocycles. The molecule has 0 unspecified atom stereocenters. The smallest absolute Gasteiger partial charge is 0.227 e. The minimum Gasteiger partial charge on any atom is -0.339 e. The number of hydrogen-bond acceptors (Lipinski definition) is 5. The van der Waals surface area contributed by atoms with Gasteiger partial charge in [0.1, 0.15) is 5.82 Å². The monoisotopic (exact) mass is 423 g/mol. The number of imidazole rings is 1. The summed E-state index contributed by atoms with van der Waals surface area (Å²) in [6.07, 6.45) is 0.628. The van der Waals surface area contributed by atoms with E-state index in [0.717, 1.165) is 33.7 Å². The molecule has 0 saturated carbocycles. The van der Waals surface area contributed by atoms with Gasteiger partial charge in [-0.15, -0.1) is 0 Å². The molecule has 158 valence electrons. The van der Waals surface area contributed by atoms with Crippen LogP contribution < -0.4 is 5.32 Å². The van der Waals surface area contributed by atoms with Gasteiger partial charge < -0.3 is 14.8 Å². The Labute approximate surface area is 184 Å². The number of para-hydroxylation sites is 2. The molecular weight excluding hydrogens is 402 g/mol. The Bertz CT molecular complexity index is 1330. The van der Waals surface area contributed by atoms with Crippen molar-refractivity contribution in [1.29, 1.82) is 0 Å². The normalized spacial score (nSPS) is 11.0. The van der Waals surface area contributed by atoms with E-state index in [1.165, 1.54) is 5.56 Å². The fraction of sp³-hybridized carbons (Fsp3) is 0.120. The van der Waals surface area contributed by atoms with Crippen LogP contribution in [0, 0.1) is 6.92 Å². The number of hydrogen-bond donors (Lipinski definition) is 2. The molecular formula is C25H21N5O2. The molecule has 2 N–H and O–H groups in total. The fourth-order valence-corrected chi connectivity index (χ4v) is 3.42. The van der Waals surface area contributed by atoms with Gasteiger partial charge in [0, 0.05) is 29.7 Å². The Balaban J connectivity index is 1.18. The predicted molar refractivity (Wildman–Crippen MR) is 123 cm³/mol. The quantitative estimate of drug-likeness (QED) is 0.393. The lowest BCUT2D eigenvalue weighted by Gasteiger charge is -2.05. The van der Waals surface area contributed by atoms with Crippen LogP contribution in [0.3, 0.4) is 0 Å². The summed E-state index contributed by atoms with van der Waals surface area (Å²) in [5.74, 6) is 1.65. The van der Waals surface area contributed by atoms with Gasteiger partial charge in [-0.25, -0.2) is 4.98 Å². The van der Waals surface area contributed by atoms with Crippen LogP contribution in [0.1, 0.15) is 17.9 Å². The molecule has 0 saturated heterocycles. The summed E-state index contributed by atoms with van der Waals surface area (Å²) in [4.78, 5) is 24.6. The first-order valence-electron chi connectivity index (χ1n) is 10.4. The zero-order valence-corrected chi connectivity index (χ0v) is 17.5. The number of nitrogens with one attached hydrogen (secondary N) is 2. The molecule has 0 bridgehead atoms. The van der Waals surface area contributed by atoms with Crippen LogP contribution in [0.2, 0.25) is 0 Å². The SMILES string of the molecule is Cc1ccc(-c2noc(CCC(=O)Nc3ccc(-c4nc5ccccc5[nH]4)cc3)n2)cc1. The van der Waals surface area contributed by atoms with Crippen LogP contribution >= 0.6 is 0 Å². The first-order valence-corrected chi connectivity index (χ1v) is 10.4. The maximum absolute atomic E-state index is 12.4. The average Bonchev–Trinajstić information content (AvgIpc) is 3.46. The molecule has 5 aromatic rings. The Hall–Kier alpha value is -4.26. The first kappa shape index (κ1) is 19.7. The van der Waals surface area contributed by atoms with Crippen molar-refractivity contribution in [3.8, 4) is 22.8 Å². The van der Waals surface area contributed by atoms with E-state index in [2.05, 4.69) is 25.4 Å². The third kappa shape index (κ3) is 4.27. The van der Waals surface area contributed by atoms with Gasteiger partial charge in [-0.3, -0.25) is 4.79 Å². The summed E-state index contributed by atoms with van der Waals surface area (Å²) in [5.41, 5.74) is 5.65. The van der Waals surface area contributed by atoms with Gasteiger partial charge in [0.05, 0.1) is 11.0 Å². The molecule has 0 spiro atoms. The number of aromatic nitrogens is 4. The van der Waals surface area contributed by atoms with Crippen LogP contribution in [0.5, 0.6) is 0 Å². The number of nitrogens with zero attached hydrogens (tertiary/aromatic N) is 3. The van der Waals surface area contributed by atoms with Gasteiger partial charge in [-0.2, -0.15) is 4.98 Å². The zero-order chi connectivity index (χ0) is 21.9.